The van der Waals surface area contributed by atoms with Gasteiger partial charge in [-0.15, -0.1) is 0 Å². The molecule has 0 saturated carbocycles. The van der Waals surface area contributed by atoms with Gasteiger partial charge in [0.15, 0.2) is 0 Å². The molecule has 4 heteroatoms. The highest BCUT2D eigenvalue weighted by atomic mass is 79.9. The van der Waals surface area contributed by atoms with Crippen molar-refractivity contribution in [3.8, 4) is 0 Å². The number of nitrogens with zero attached hydrogens (tertiary/aromatic N) is 2. The first-order valence-electron chi connectivity index (χ1n) is 4.62. The lowest BCUT2D eigenvalue weighted by molar-refractivity contribution is 0.638. The fourth-order valence-corrected chi connectivity index (χ4v) is 2.13. The number of anilines is 2. The highest BCUT2D eigenvalue weighted by Gasteiger charge is 2.10. The molecule has 0 fully saturated rings. The molecule has 0 spiro atoms. The summed E-state index contributed by atoms with van der Waals surface area (Å²) in [5.74, 6) is 0.611. The van der Waals surface area contributed by atoms with Crippen molar-refractivity contribution < 1.29 is 0 Å². The van der Waals surface area contributed by atoms with Crippen molar-refractivity contribution in [2.45, 2.75) is 13.8 Å². The zero-order valence-electron chi connectivity index (χ0n) is 8.79. The summed E-state index contributed by atoms with van der Waals surface area (Å²) in [6.07, 6.45) is 3.44. The van der Waals surface area contributed by atoms with Gasteiger partial charge in [-0.05, 0) is 21.8 Å². The number of pyridine rings is 1. The highest BCUT2D eigenvalue weighted by Crippen LogP contribution is 2.30. The molecule has 0 aliphatic heterocycles. The Morgan fingerprint density at radius 2 is 2.14 bits per heavy atom. The quantitative estimate of drug-likeness (QED) is 0.905. The summed E-state index contributed by atoms with van der Waals surface area (Å²) in [6, 6.07) is 0. The van der Waals surface area contributed by atoms with Gasteiger partial charge in [-0.3, -0.25) is 4.98 Å². The van der Waals surface area contributed by atoms with Crippen molar-refractivity contribution in [1.82, 2.24) is 4.98 Å². The van der Waals surface area contributed by atoms with E-state index in [1.54, 1.807) is 12.4 Å². The first kappa shape index (κ1) is 11.3. The van der Waals surface area contributed by atoms with Gasteiger partial charge in [0.25, 0.3) is 0 Å². The van der Waals surface area contributed by atoms with E-state index in [0.717, 1.165) is 16.7 Å². The summed E-state index contributed by atoms with van der Waals surface area (Å²) in [5, 5.41) is 0. The lowest BCUT2D eigenvalue weighted by Gasteiger charge is -2.23. The third kappa shape index (κ3) is 2.61. The van der Waals surface area contributed by atoms with E-state index in [4.69, 9.17) is 5.73 Å². The van der Waals surface area contributed by atoms with E-state index in [1.807, 2.05) is 7.05 Å². The first-order chi connectivity index (χ1) is 6.52. The molecule has 0 saturated heterocycles. The molecule has 14 heavy (non-hydrogen) atoms. The fraction of sp³-hybridized carbons (Fsp3) is 0.500. The second-order valence-corrected chi connectivity index (χ2v) is 4.69. The highest BCUT2D eigenvalue weighted by molar-refractivity contribution is 9.10. The van der Waals surface area contributed by atoms with Crippen LogP contribution in [-0.2, 0) is 0 Å². The maximum Gasteiger partial charge on any atom is 0.0773 e. The average Bonchev–Trinajstić information content (AvgIpc) is 2.01. The van der Waals surface area contributed by atoms with Crippen LogP contribution in [0.5, 0.6) is 0 Å². The van der Waals surface area contributed by atoms with Gasteiger partial charge >= 0.3 is 0 Å². The van der Waals surface area contributed by atoms with Gasteiger partial charge in [-0.2, -0.15) is 0 Å². The van der Waals surface area contributed by atoms with Crippen molar-refractivity contribution in [1.29, 1.82) is 0 Å². The van der Waals surface area contributed by atoms with E-state index < -0.39 is 0 Å². The molecule has 3 nitrogen and oxygen atoms in total. The summed E-state index contributed by atoms with van der Waals surface area (Å²) in [6.45, 7) is 5.34. The van der Waals surface area contributed by atoms with E-state index in [9.17, 15) is 0 Å². The molecule has 2 N–H and O–H groups in total. The van der Waals surface area contributed by atoms with Crippen molar-refractivity contribution in [3.63, 3.8) is 0 Å². The maximum absolute atomic E-state index is 5.86. The molecule has 78 valence electrons. The number of nitrogen functional groups attached to an aromatic ring is 1. The first-order valence-corrected chi connectivity index (χ1v) is 5.41. The Morgan fingerprint density at radius 3 is 2.64 bits per heavy atom. The lowest BCUT2D eigenvalue weighted by atomic mass is 10.2. The Balaban J connectivity index is 2.94. The van der Waals surface area contributed by atoms with Crippen LogP contribution in [0.2, 0.25) is 0 Å². The van der Waals surface area contributed by atoms with Crippen LogP contribution in [0, 0.1) is 5.92 Å². The van der Waals surface area contributed by atoms with Crippen LogP contribution in [0.3, 0.4) is 0 Å². The predicted molar refractivity (Wildman–Crippen MR) is 64.5 cm³/mol. The number of halogens is 1. The molecular formula is C10H16BrN3. The van der Waals surface area contributed by atoms with E-state index in [-0.39, 0.29) is 0 Å². The van der Waals surface area contributed by atoms with Gasteiger partial charge in [0.1, 0.15) is 0 Å². The standard InChI is InChI=1S/C10H16BrN3/c1-7(2)6-14(3)10-8(11)4-13-5-9(10)12/h4-5,7H,6,12H2,1-3H3. The molecule has 1 rings (SSSR count). The Hall–Kier alpha value is -0.770. The Morgan fingerprint density at radius 1 is 1.50 bits per heavy atom. The second kappa shape index (κ2) is 4.64. The molecule has 0 aliphatic carbocycles. The monoisotopic (exact) mass is 257 g/mol. The molecule has 0 aliphatic rings. The number of rotatable bonds is 3. The minimum absolute atomic E-state index is 0.611. The largest absolute Gasteiger partial charge is 0.396 e. The number of hydrogen-bond donors (Lipinski definition) is 1. The Kier molecular flexibility index (Phi) is 3.75. The van der Waals surface area contributed by atoms with Crippen LogP contribution in [0.4, 0.5) is 11.4 Å². The molecule has 0 aromatic carbocycles. The van der Waals surface area contributed by atoms with Crippen molar-refractivity contribution in [2.24, 2.45) is 5.92 Å². The summed E-state index contributed by atoms with van der Waals surface area (Å²) < 4.78 is 0.945. The van der Waals surface area contributed by atoms with Crippen LogP contribution in [0.25, 0.3) is 0 Å². The minimum atomic E-state index is 0.611. The van der Waals surface area contributed by atoms with E-state index in [1.165, 1.54) is 0 Å². The van der Waals surface area contributed by atoms with E-state index in [0.29, 0.717) is 11.6 Å². The zero-order valence-corrected chi connectivity index (χ0v) is 10.4. The van der Waals surface area contributed by atoms with Crippen LogP contribution < -0.4 is 10.6 Å². The minimum Gasteiger partial charge on any atom is -0.396 e. The summed E-state index contributed by atoms with van der Waals surface area (Å²) in [4.78, 5) is 6.15. The summed E-state index contributed by atoms with van der Waals surface area (Å²) >= 11 is 3.45. The SMILES string of the molecule is CC(C)CN(C)c1c(N)cncc1Br. The number of hydrogen-bond acceptors (Lipinski definition) is 3. The molecule has 1 aromatic heterocycles. The Labute approximate surface area is 93.4 Å². The van der Waals surface area contributed by atoms with Gasteiger partial charge < -0.3 is 10.6 Å². The molecule has 0 amide bonds. The smallest absolute Gasteiger partial charge is 0.0773 e. The molecular weight excluding hydrogens is 242 g/mol. The predicted octanol–water partition coefficient (Wildman–Crippen LogP) is 2.52. The van der Waals surface area contributed by atoms with Gasteiger partial charge in [0, 0.05) is 19.8 Å². The van der Waals surface area contributed by atoms with Crippen molar-refractivity contribution in [2.75, 3.05) is 24.2 Å². The normalized spacial score (nSPS) is 10.6. The van der Waals surface area contributed by atoms with Crippen LogP contribution in [-0.4, -0.2) is 18.6 Å². The van der Waals surface area contributed by atoms with Crippen LogP contribution in [0.1, 0.15) is 13.8 Å². The molecule has 0 bridgehead atoms. The maximum atomic E-state index is 5.86. The van der Waals surface area contributed by atoms with E-state index >= 15 is 0 Å². The van der Waals surface area contributed by atoms with Crippen LogP contribution >= 0.6 is 15.9 Å². The zero-order chi connectivity index (χ0) is 10.7. The molecule has 1 aromatic rings. The third-order valence-corrected chi connectivity index (χ3v) is 2.50. The molecule has 0 atom stereocenters. The summed E-state index contributed by atoms with van der Waals surface area (Å²) in [5.41, 5.74) is 7.60. The molecule has 1 heterocycles. The Bertz CT molecular complexity index is 292. The number of aromatic nitrogens is 1. The second-order valence-electron chi connectivity index (χ2n) is 3.83. The lowest BCUT2D eigenvalue weighted by Crippen LogP contribution is -2.23. The fourth-order valence-electron chi connectivity index (χ4n) is 1.48. The summed E-state index contributed by atoms with van der Waals surface area (Å²) in [7, 11) is 2.04. The molecule has 0 radical (unpaired) electrons. The van der Waals surface area contributed by atoms with Gasteiger partial charge in [-0.1, -0.05) is 13.8 Å². The van der Waals surface area contributed by atoms with Gasteiger partial charge in [0.05, 0.1) is 22.0 Å². The van der Waals surface area contributed by atoms with Gasteiger partial charge in [0.2, 0.25) is 0 Å². The van der Waals surface area contributed by atoms with Crippen molar-refractivity contribution >= 4 is 27.3 Å². The van der Waals surface area contributed by atoms with Crippen molar-refractivity contribution in [3.05, 3.63) is 16.9 Å². The average molecular weight is 258 g/mol. The van der Waals surface area contributed by atoms with Crippen LogP contribution in [0.15, 0.2) is 16.9 Å². The number of nitrogens with two attached hydrogens (primary N) is 1. The topological polar surface area (TPSA) is 42.1 Å². The molecule has 0 unspecified atom stereocenters. The van der Waals surface area contributed by atoms with Gasteiger partial charge in [-0.25, -0.2) is 0 Å². The third-order valence-electron chi connectivity index (χ3n) is 1.92. The van der Waals surface area contributed by atoms with E-state index in [2.05, 4.69) is 39.7 Å².